The highest BCUT2D eigenvalue weighted by Crippen LogP contribution is 2.18. The Labute approximate surface area is 94.1 Å². The third-order valence-electron chi connectivity index (χ3n) is 2.62. The number of hydrogen-bond donors (Lipinski definition) is 2. The van der Waals surface area contributed by atoms with Crippen molar-refractivity contribution in [2.75, 3.05) is 19.3 Å². The summed E-state index contributed by atoms with van der Waals surface area (Å²) >= 11 is 1.58. The molecule has 4 nitrogen and oxygen atoms in total. The lowest BCUT2D eigenvalue weighted by atomic mass is 10.1. The SMILES string of the molecule is CSc1nc(CN)c2c(n1)CCNCC2. The Kier molecular flexibility index (Phi) is 3.56. The van der Waals surface area contributed by atoms with Gasteiger partial charge in [-0.25, -0.2) is 9.97 Å². The van der Waals surface area contributed by atoms with Gasteiger partial charge in [0.05, 0.1) is 5.69 Å². The van der Waals surface area contributed by atoms with Gasteiger partial charge in [-0.2, -0.15) is 0 Å². The van der Waals surface area contributed by atoms with Crippen LogP contribution in [0.4, 0.5) is 0 Å². The lowest BCUT2D eigenvalue weighted by molar-refractivity contribution is 0.707. The molecule has 0 saturated carbocycles. The second-order valence-electron chi connectivity index (χ2n) is 3.54. The summed E-state index contributed by atoms with van der Waals surface area (Å²) in [6.45, 7) is 2.52. The van der Waals surface area contributed by atoms with E-state index in [0.717, 1.165) is 36.8 Å². The molecule has 2 heterocycles. The Balaban J connectivity index is 2.45. The average molecular weight is 224 g/mol. The van der Waals surface area contributed by atoms with E-state index in [0.29, 0.717) is 6.54 Å². The molecule has 0 amide bonds. The molecule has 5 heteroatoms. The number of hydrogen-bond acceptors (Lipinski definition) is 5. The number of nitrogens with one attached hydrogen (secondary N) is 1. The van der Waals surface area contributed by atoms with Crippen molar-refractivity contribution in [3.05, 3.63) is 17.0 Å². The quantitative estimate of drug-likeness (QED) is 0.560. The fourth-order valence-electron chi connectivity index (χ4n) is 1.86. The van der Waals surface area contributed by atoms with Gasteiger partial charge < -0.3 is 11.1 Å². The third kappa shape index (κ3) is 2.30. The first kappa shape index (κ1) is 10.9. The summed E-state index contributed by atoms with van der Waals surface area (Å²) in [5.74, 6) is 0. The van der Waals surface area contributed by atoms with E-state index in [1.807, 2.05) is 6.26 Å². The number of thioether (sulfide) groups is 1. The smallest absolute Gasteiger partial charge is 0.187 e. The van der Waals surface area contributed by atoms with E-state index < -0.39 is 0 Å². The van der Waals surface area contributed by atoms with Crippen LogP contribution < -0.4 is 11.1 Å². The molecule has 0 atom stereocenters. The van der Waals surface area contributed by atoms with Gasteiger partial charge in [0.1, 0.15) is 0 Å². The average Bonchev–Trinajstić information content (AvgIpc) is 2.52. The van der Waals surface area contributed by atoms with Gasteiger partial charge in [-0.15, -0.1) is 0 Å². The van der Waals surface area contributed by atoms with Crippen LogP contribution in [0.2, 0.25) is 0 Å². The Bertz CT molecular complexity index is 354. The maximum Gasteiger partial charge on any atom is 0.187 e. The molecule has 1 aliphatic heterocycles. The van der Waals surface area contributed by atoms with E-state index in [1.54, 1.807) is 11.8 Å². The van der Waals surface area contributed by atoms with Crippen LogP contribution >= 0.6 is 11.8 Å². The van der Waals surface area contributed by atoms with Crippen LogP contribution in [-0.4, -0.2) is 29.3 Å². The van der Waals surface area contributed by atoms with Crippen LogP contribution in [0.5, 0.6) is 0 Å². The van der Waals surface area contributed by atoms with Crippen molar-refractivity contribution in [1.82, 2.24) is 15.3 Å². The number of rotatable bonds is 2. The van der Waals surface area contributed by atoms with Crippen LogP contribution in [0.1, 0.15) is 17.0 Å². The molecule has 82 valence electrons. The highest BCUT2D eigenvalue weighted by Gasteiger charge is 2.15. The Morgan fingerprint density at radius 3 is 2.87 bits per heavy atom. The summed E-state index contributed by atoms with van der Waals surface area (Å²) in [4.78, 5) is 9.02. The maximum absolute atomic E-state index is 5.73. The summed E-state index contributed by atoms with van der Waals surface area (Å²) in [5.41, 5.74) is 9.19. The zero-order chi connectivity index (χ0) is 10.7. The van der Waals surface area contributed by atoms with Crippen LogP contribution in [0, 0.1) is 0 Å². The van der Waals surface area contributed by atoms with Crippen molar-refractivity contribution < 1.29 is 0 Å². The van der Waals surface area contributed by atoms with Gasteiger partial charge in [-0.1, -0.05) is 11.8 Å². The highest BCUT2D eigenvalue weighted by atomic mass is 32.2. The standard InChI is InChI=1S/C10H16N4S/c1-15-10-13-8-3-5-12-4-2-7(8)9(6-11)14-10/h12H,2-6,11H2,1H3. The molecule has 0 aromatic carbocycles. The van der Waals surface area contributed by atoms with Gasteiger partial charge in [-0.05, 0) is 24.8 Å². The van der Waals surface area contributed by atoms with Crippen LogP contribution in [-0.2, 0) is 19.4 Å². The first-order chi connectivity index (χ1) is 7.35. The summed E-state index contributed by atoms with van der Waals surface area (Å²) in [7, 11) is 0. The zero-order valence-corrected chi connectivity index (χ0v) is 9.73. The monoisotopic (exact) mass is 224 g/mol. The Morgan fingerprint density at radius 2 is 2.13 bits per heavy atom. The number of nitrogens with two attached hydrogens (primary N) is 1. The minimum Gasteiger partial charge on any atom is -0.325 e. The minimum atomic E-state index is 0.512. The second-order valence-corrected chi connectivity index (χ2v) is 4.31. The largest absolute Gasteiger partial charge is 0.325 e. The van der Waals surface area contributed by atoms with Gasteiger partial charge in [0.2, 0.25) is 0 Å². The summed E-state index contributed by atoms with van der Waals surface area (Å²) in [6, 6.07) is 0. The Hall–Kier alpha value is -0.650. The summed E-state index contributed by atoms with van der Waals surface area (Å²) in [5, 5.41) is 4.21. The molecule has 0 fully saturated rings. The van der Waals surface area contributed by atoms with Crippen molar-refractivity contribution in [2.24, 2.45) is 5.73 Å². The molecule has 0 radical (unpaired) electrons. The number of fused-ring (bicyclic) bond motifs is 1. The van der Waals surface area contributed by atoms with Crippen LogP contribution in [0.25, 0.3) is 0 Å². The molecule has 1 aromatic heterocycles. The molecule has 15 heavy (non-hydrogen) atoms. The van der Waals surface area contributed by atoms with E-state index in [9.17, 15) is 0 Å². The van der Waals surface area contributed by atoms with Crippen molar-refractivity contribution >= 4 is 11.8 Å². The number of aromatic nitrogens is 2. The predicted octanol–water partition coefficient (Wildman–Crippen LogP) is 0.345. The molecule has 2 rings (SSSR count). The maximum atomic E-state index is 5.73. The van der Waals surface area contributed by atoms with E-state index in [4.69, 9.17) is 5.73 Å². The normalized spacial score (nSPS) is 15.9. The molecular weight excluding hydrogens is 208 g/mol. The van der Waals surface area contributed by atoms with Gasteiger partial charge >= 0.3 is 0 Å². The topological polar surface area (TPSA) is 63.8 Å². The minimum absolute atomic E-state index is 0.512. The predicted molar refractivity (Wildman–Crippen MR) is 62.0 cm³/mol. The van der Waals surface area contributed by atoms with E-state index in [-0.39, 0.29) is 0 Å². The molecule has 1 aliphatic rings. The van der Waals surface area contributed by atoms with Crippen LogP contribution in [0.3, 0.4) is 0 Å². The first-order valence-electron chi connectivity index (χ1n) is 5.18. The first-order valence-corrected chi connectivity index (χ1v) is 6.41. The molecule has 0 spiro atoms. The summed E-state index contributed by atoms with van der Waals surface area (Å²) in [6.07, 6.45) is 3.98. The Morgan fingerprint density at radius 1 is 1.33 bits per heavy atom. The fourth-order valence-corrected chi connectivity index (χ4v) is 2.26. The van der Waals surface area contributed by atoms with Crippen molar-refractivity contribution in [3.8, 4) is 0 Å². The van der Waals surface area contributed by atoms with E-state index >= 15 is 0 Å². The summed E-state index contributed by atoms with van der Waals surface area (Å²) < 4.78 is 0. The van der Waals surface area contributed by atoms with Crippen molar-refractivity contribution in [1.29, 1.82) is 0 Å². The van der Waals surface area contributed by atoms with Gasteiger partial charge in [0.15, 0.2) is 5.16 Å². The van der Waals surface area contributed by atoms with Crippen molar-refractivity contribution in [3.63, 3.8) is 0 Å². The molecule has 1 aromatic rings. The lowest BCUT2D eigenvalue weighted by Gasteiger charge is -2.10. The molecule has 0 aliphatic carbocycles. The number of nitrogens with zero attached hydrogens (tertiary/aromatic N) is 2. The lowest BCUT2D eigenvalue weighted by Crippen LogP contribution is -2.16. The second kappa shape index (κ2) is 4.92. The third-order valence-corrected chi connectivity index (χ3v) is 3.17. The molecule has 0 bridgehead atoms. The van der Waals surface area contributed by atoms with Gasteiger partial charge in [0.25, 0.3) is 0 Å². The molecule has 0 unspecified atom stereocenters. The fraction of sp³-hybridized carbons (Fsp3) is 0.600. The molecule has 3 N–H and O–H groups in total. The molecular formula is C10H16N4S. The van der Waals surface area contributed by atoms with Crippen LogP contribution in [0.15, 0.2) is 5.16 Å². The van der Waals surface area contributed by atoms with E-state index in [2.05, 4.69) is 15.3 Å². The van der Waals surface area contributed by atoms with E-state index in [1.165, 1.54) is 11.3 Å². The highest BCUT2D eigenvalue weighted by molar-refractivity contribution is 7.98. The zero-order valence-electron chi connectivity index (χ0n) is 8.92. The van der Waals surface area contributed by atoms with Crippen molar-refractivity contribution in [2.45, 2.75) is 24.5 Å². The van der Waals surface area contributed by atoms with Gasteiger partial charge in [0, 0.05) is 25.2 Å². The molecule has 0 saturated heterocycles. The van der Waals surface area contributed by atoms with Gasteiger partial charge in [-0.3, -0.25) is 0 Å².